The maximum absolute atomic E-state index is 12.1. The molecule has 0 aliphatic rings. The number of rotatable bonds is 6. The standard InChI is InChI=1S/C20H18O6/c1-12-15-8-7-14(25-11-13-5-3-4-6-17(13)24-2)9-18(15)26-20(23)16(12)10-19(21)22/h3-9H,10-11H2,1-2H3,(H,21,22). The van der Waals surface area contributed by atoms with Crippen molar-refractivity contribution in [3.63, 3.8) is 0 Å². The molecule has 0 radical (unpaired) electrons. The van der Waals surface area contributed by atoms with Crippen LogP contribution in [-0.4, -0.2) is 18.2 Å². The van der Waals surface area contributed by atoms with E-state index >= 15 is 0 Å². The Balaban J connectivity index is 1.90. The summed E-state index contributed by atoms with van der Waals surface area (Å²) in [6, 6.07) is 12.7. The highest BCUT2D eigenvalue weighted by Gasteiger charge is 2.15. The molecule has 6 nitrogen and oxygen atoms in total. The van der Waals surface area contributed by atoms with Gasteiger partial charge < -0.3 is 19.0 Å². The Morgan fingerprint density at radius 2 is 1.96 bits per heavy atom. The molecule has 6 heteroatoms. The van der Waals surface area contributed by atoms with E-state index in [0.29, 0.717) is 28.9 Å². The van der Waals surface area contributed by atoms with Crippen molar-refractivity contribution in [3.05, 3.63) is 69.6 Å². The maximum Gasteiger partial charge on any atom is 0.340 e. The number of methoxy groups -OCH3 is 1. The van der Waals surface area contributed by atoms with E-state index in [-0.39, 0.29) is 12.0 Å². The predicted molar refractivity (Wildman–Crippen MR) is 95.9 cm³/mol. The number of fused-ring (bicyclic) bond motifs is 1. The van der Waals surface area contributed by atoms with Crippen LogP contribution in [-0.2, 0) is 17.8 Å². The molecule has 0 amide bonds. The van der Waals surface area contributed by atoms with E-state index < -0.39 is 11.6 Å². The number of carboxylic acids is 1. The molecule has 2 aromatic carbocycles. The van der Waals surface area contributed by atoms with Gasteiger partial charge in [-0.2, -0.15) is 0 Å². The number of hydrogen-bond donors (Lipinski definition) is 1. The molecule has 0 bridgehead atoms. The molecule has 1 heterocycles. The van der Waals surface area contributed by atoms with Crippen LogP contribution in [0.3, 0.4) is 0 Å². The van der Waals surface area contributed by atoms with Crippen molar-refractivity contribution in [2.75, 3.05) is 7.11 Å². The van der Waals surface area contributed by atoms with Crippen LogP contribution in [0.4, 0.5) is 0 Å². The minimum absolute atomic E-state index is 0.160. The van der Waals surface area contributed by atoms with Crippen molar-refractivity contribution >= 4 is 16.9 Å². The second kappa shape index (κ2) is 7.31. The Labute approximate surface area is 149 Å². The van der Waals surface area contributed by atoms with E-state index in [2.05, 4.69) is 0 Å². The molecule has 0 unspecified atom stereocenters. The summed E-state index contributed by atoms with van der Waals surface area (Å²) in [5, 5.41) is 9.63. The summed E-state index contributed by atoms with van der Waals surface area (Å²) in [5.41, 5.74) is 1.38. The summed E-state index contributed by atoms with van der Waals surface area (Å²) in [6.45, 7) is 2.02. The summed E-state index contributed by atoms with van der Waals surface area (Å²) in [7, 11) is 1.60. The van der Waals surface area contributed by atoms with Gasteiger partial charge in [0.15, 0.2) is 0 Å². The molecule has 3 aromatic rings. The lowest BCUT2D eigenvalue weighted by molar-refractivity contribution is -0.136. The fraction of sp³-hybridized carbons (Fsp3) is 0.200. The topological polar surface area (TPSA) is 86.0 Å². The van der Waals surface area contributed by atoms with Crippen LogP contribution < -0.4 is 15.1 Å². The van der Waals surface area contributed by atoms with E-state index in [9.17, 15) is 9.59 Å². The Hall–Kier alpha value is -3.28. The maximum atomic E-state index is 12.1. The number of hydrogen-bond acceptors (Lipinski definition) is 5. The molecule has 26 heavy (non-hydrogen) atoms. The molecule has 0 saturated heterocycles. The molecule has 0 atom stereocenters. The molecular weight excluding hydrogens is 336 g/mol. The van der Waals surface area contributed by atoms with E-state index in [4.69, 9.17) is 19.0 Å². The number of aryl methyl sites for hydroxylation is 1. The third-order valence-electron chi connectivity index (χ3n) is 4.17. The van der Waals surface area contributed by atoms with Crippen molar-refractivity contribution in [1.29, 1.82) is 0 Å². The summed E-state index contributed by atoms with van der Waals surface area (Å²) >= 11 is 0. The van der Waals surface area contributed by atoms with Crippen molar-refractivity contribution in [1.82, 2.24) is 0 Å². The Morgan fingerprint density at radius 1 is 1.19 bits per heavy atom. The lowest BCUT2D eigenvalue weighted by Crippen LogP contribution is -2.14. The average Bonchev–Trinajstić information content (AvgIpc) is 2.63. The van der Waals surface area contributed by atoms with E-state index in [0.717, 1.165) is 11.3 Å². The quantitative estimate of drug-likeness (QED) is 0.684. The normalized spacial score (nSPS) is 10.7. The van der Waals surface area contributed by atoms with Gasteiger partial charge in [-0.3, -0.25) is 4.79 Å². The summed E-state index contributed by atoms with van der Waals surface area (Å²) in [5.74, 6) is 0.197. The molecule has 3 rings (SSSR count). The molecule has 0 spiro atoms. The van der Waals surface area contributed by atoms with Crippen LogP contribution >= 0.6 is 0 Å². The van der Waals surface area contributed by atoms with Gasteiger partial charge in [0.2, 0.25) is 0 Å². The second-order valence-corrected chi connectivity index (χ2v) is 5.82. The van der Waals surface area contributed by atoms with Crippen LogP contribution in [0.25, 0.3) is 11.0 Å². The number of carbonyl (C=O) groups is 1. The highest BCUT2D eigenvalue weighted by Crippen LogP contribution is 2.26. The van der Waals surface area contributed by atoms with E-state index in [1.165, 1.54) is 0 Å². The van der Waals surface area contributed by atoms with Gasteiger partial charge in [-0.15, -0.1) is 0 Å². The third kappa shape index (κ3) is 3.54. The van der Waals surface area contributed by atoms with Gasteiger partial charge >= 0.3 is 11.6 Å². The molecule has 1 N–H and O–H groups in total. The number of para-hydroxylation sites is 1. The Bertz CT molecular complexity index is 1020. The first-order valence-corrected chi connectivity index (χ1v) is 8.02. The van der Waals surface area contributed by atoms with Gasteiger partial charge in [0, 0.05) is 17.0 Å². The van der Waals surface area contributed by atoms with Gasteiger partial charge in [-0.05, 0) is 30.7 Å². The summed E-state index contributed by atoms with van der Waals surface area (Å²) < 4.78 is 16.4. The van der Waals surface area contributed by atoms with Crippen molar-refractivity contribution in [3.8, 4) is 11.5 Å². The largest absolute Gasteiger partial charge is 0.496 e. The minimum Gasteiger partial charge on any atom is -0.496 e. The fourth-order valence-corrected chi connectivity index (χ4v) is 2.80. The zero-order valence-corrected chi connectivity index (χ0v) is 14.4. The molecule has 0 aliphatic carbocycles. The van der Waals surface area contributed by atoms with Crippen LogP contribution in [0.2, 0.25) is 0 Å². The first-order valence-electron chi connectivity index (χ1n) is 8.02. The highest BCUT2D eigenvalue weighted by molar-refractivity contribution is 5.83. The van der Waals surface area contributed by atoms with Crippen LogP contribution in [0, 0.1) is 6.92 Å². The lowest BCUT2D eigenvalue weighted by atomic mass is 10.0. The Kier molecular flexibility index (Phi) is 4.93. The molecule has 134 valence electrons. The van der Waals surface area contributed by atoms with Crippen molar-refractivity contribution in [2.24, 2.45) is 0 Å². The minimum atomic E-state index is -1.07. The van der Waals surface area contributed by atoms with Gasteiger partial charge in [-0.1, -0.05) is 18.2 Å². The predicted octanol–water partition coefficient (Wildman–Crippen LogP) is 3.32. The molecular formula is C20H18O6. The first kappa shape index (κ1) is 17.5. The van der Waals surface area contributed by atoms with Crippen LogP contribution in [0.5, 0.6) is 11.5 Å². The van der Waals surface area contributed by atoms with Gasteiger partial charge in [-0.25, -0.2) is 4.79 Å². The summed E-state index contributed by atoms with van der Waals surface area (Å²) in [6.07, 6.45) is -0.365. The number of aliphatic carboxylic acids is 1. The molecule has 1 aromatic heterocycles. The zero-order valence-electron chi connectivity index (χ0n) is 14.4. The van der Waals surface area contributed by atoms with Crippen molar-refractivity contribution in [2.45, 2.75) is 20.0 Å². The van der Waals surface area contributed by atoms with Gasteiger partial charge in [0.25, 0.3) is 0 Å². The van der Waals surface area contributed by atoms with Crippen LogP contribution in [0.1, 0.15) is 16.7 Å². The number of benzene rings is 2. The van der Waals surface area contributed by atoms with Crippen molar-refractivity contribution < 1.29 is 23.8 Å². The van der Waals surface area contributed by atoms with Gasteiger partial charge in [0.1, 0.15) is 23.7 Å². The molecule has 0 aliphatic heterocycles. The smallest absolute Gasteiger partial charge is 0.340 e. The Morgan fingerprint density at radius 3 is 2.69 bits per heavy atom. The summed E-state index contributed by atoms with van der Waals surface area (Å²) in [4.78, 5) is 23.0. The number of carboxylic acid groups (broad SMARTS) is 1. The van der Waals surface area contributed by atoms with Crippen LogP contribution in [0.15, 0.2) is 51.7 Å². The SMILES string of the molecule is COc1ccccc1COc1ccc2c(C)c(CC(=O)O)c(=O)oc2c1. The average molecular weight is 354 g/mol. The van der Waals surface area contributed by atoms with Gasteiger partial charge in [0.05, 0.1) is 19.1 Å². The highest BCUT2D eigenvalue weighted by atomic mass is 16.5. The molecule has 0 fully saturated rings. The van der Waals surface area contributed by atoms with E-state index in [1.807, 2.05) is 24.3 Å². The lowest BCUT2D eigenvalue weighted by Gasteiger charge is -2.11. The zero-order chi connectivity index (χ0) is 18.7. The second-order valence-electron chi connectivity index (χ2n) is 5.82. The molecule has 0 saturated carbocycles. The fourth-order valence-electron chi connectivity index (χ4n) is 2.80. The van der Waals surface area contributed by atoms with E-state index in [1.54, 1.807) is 32.2 Å². The monoisotopic (exact) mass is 354 g/mol. The third-order valence-corrected chi connectivity index (χ3v) is 4.17. The number of ether oxygens (including phenoxy) is 2. The first-order chi connectivity index (χ1) is 12.5.